The van der Waals surface area contributed by atoms with Crippen molar-refractivity contribution in [1.29, 1.82) is 0 Å². The minimum atomic E-state index is -4.46. The van der Waals surface area contributed by atoms with Crippen molar-refractivity contribution in [3.8, 4) is 0 Å². The lowest BCUT2D eigenvalue weighted by Gasteiger charge is -2.15. The van der Waals surface area contributed by atoms with Crippen molar-refractivity contribution < 1.29 is 27.9 Å². The van der Waals surface area contributed by atoms with Crippen LogP contribution in [0.1, 0.15) is 30.9 Å². The van der Waals surface area contributed by atoms with E-state index in [0.29, 0.717) is 6.42 Å². The second kappa shape index (κ2) is 7.10. The number of hydrogen-bond donors (Lipinski definition) is 2. The maximum Gasteiger partial charge on any atom is 0.416 e. The van der Waals surface area contributed by atoms with Crippen LogP contribution in [0.25, 0.3) is 0 Å². The van der Waals surface area contributed by atoms with Crippen molar-refractivity contribution in [2.45, 2.75) is 38.4 Å². The molecule has 116 valence electrons. The zero-order valence-electron chi connectivity index (χ0n) is 11.4. The minimum absolute atomic E-state index is 0.217. The second-order valence-corrected chi connectivity index (χ2v) is 4.65. The summed E-state index contributed by atoms with van der Waals surface area (Å²) < 4.78 is 37.6. The van der Waals surface area contributed by atoms with E-state index in [9.17, 15) is 22.8 Å². The minimum Gasteiger partial charge on any atom is -0.481 e. The monoisotopic (exact) mass is 303 g/mol. The van der Waals surface area contributed by atoms with Crippen molar-refractivity contribution in [2.24, 2.45) is 0 Å². The highest BCUT2D eigenvalue weighted by Crippen LogP contribution is 2.29. The van der Waals surface area contributed by atoms with Gasteiger partial charge in [-0.15, -0.1) is 0 Å². The number of nitrogens with one attached hydrogen (secondary N) is 1. The quantitative estimate of drug-likeness (QED) is 0.849. The van der Waals surface area contributed by atoms with E-state index < -0.39 is 29.7 Å². The average Bonchev–Trinajstić information content (AvgIpc) is 2.36. The summed E-state index contributed by atoms with van der Waals surface area (Å²) in [5.74, 6) is -1.54. The summed E-state index contributed by atoms with van der Waals surface area (Å²) in [6, 6.07) is 3.98. The molecule has 0 aliphatic heterocycles. The number of carboxylic acid groups (broad SMARTS) is 1. The lowest BCUT2D eigenvalue weighted by Crippen LogP contribution is -2.36. The fourth-order valence-corrected chi connectivity index (χ4v) is 1.83. The van der Waals surface area contributed by atoms with Crippen LogP contribution < -0.4 is 5.32 Å². The summed E-state index contributed by atoms with van der Waals surface area (Å²) in [4.78, 5) is 22.3. The Hall–Kier alpha value is -2.05. The van der Waals surface area contributed by atoms with Gasteiger partial charge in [0.2, 0.25) is 5.91 Å². The number of carbonyl (C=O) groups is 2. The molecule has 1 amide bonds. The lowest BCUT2D eigenvalue weighted by molar-refractivity contribution is -0.138. The number of benzene rings is 1. The number of carbonyl (C=O) groups excluding carboxylic acids is 1. The molecule has 0 saturated carbocycles. The first-order valence-electron chi connectivity index (χ1n) is 6.39. The Balaban J connectivity index is 2.68. The van der Waals surface area contributed by atoms with Crippen LogP contribution in [0.2, 0.25) is 0 Å². The molecule has 0 saturated heterocycles. The number of amides is 1. The molecule has 1 unspecified atom stereocenters. The van der Waals surface area contributed by atoms with Gasteiger partial charge >= 0.3 is 12.1 Å². The Bertz CT molecular complexity index is 514. The molecule has 21 heavy (non-hydrogen) atoms. The molecule has 7 heteroatoms. The van der Waals surface area contributed by atoms with Gasteiger partial charge in [-0.25, -0.2) is 0 Å². The van der Waals surface area contributed by atoms with Crippen molar-refractivity contribution in [3.63, 3.8) is 0 Å². The van der Waals surface area contributed by atoms with E-state index in [1.807, 2.05) is 0 Å². The fraction of sp³-hybridized carbons (Fsp3) is 0.429. The van der Waals surface area contributed by atoms with Gasteiger partial charge < -0.3 is 10.4 Å². The van der Waals surface area contributed by atoms with Crippen molar-refractivity contribution in [1.82, 2.24) is 5.32 Å². The van der Waals surface area contributed by atoms with E-state index in [0.717, 1.165) is 12.1 Å². The third-order valence-corrected chi connectivity index (χ3v) is 2.90. The average molecular weight is 303 g/mol. The van der Waals surface area contributed by atoms with Gasteiger partial charge in [0.05, 0.1) is 18.4 Å². The smallest absolute Gasteiger partial charge is 0.416 e. The van der Waals surface area contributed by atoms with Crippen LogP contribution in [0.5, 0.6) is 0 Å². The highest BCUT2D eigenvalue weighted by Gasteiger charge is 2.30. The Kier molecular flexibility index (Phi) is 5.75. The maximum absolute atomic E-state index is 12.5. The molecular formula is C14H16F3NO3. The van der Waals surface area contributed by atoms with Crippen LogP contribution in [0, 0.1) is 0 Å². The van der Waals surface area contributed by atoms with Gasteiger partial charge in [0, 0.05) is 6.04 Å². The lowest BCUT2D eigenvalue weighted by atomic mass is 10.1. The first-order valence-corrected chi connectivity index (χ1v) is 6.39. The van der Waals surface area contributed by atoms with E-state index in [1.54, 1.807) is 6.92 Å². The van der Waals surface area contributed by atoms with E-state index in [4.69, 9.17) is 5.11 Å². The van der Waals surface area contributed by atoms with Gasteiger partial charge in [-0.3, -0.25) is 9.59 Å². The molecule has 0 aliphatic rings. The van der Waals surface area contributed by atoms with Gasteiger partial charge in [0.15, 0.2) is 0 Å². The first-order chi connectivity index (χ1) is 9.72. The Morgan fingerprint density at radius 3 is 2.52 bits per heavy atom. The van der Waals surface area contributed by atoms with E-state index in [1.165, 1.54) is 12.1 Å². The first kappa shape index (κ1) is 17.0. The normalized spacial score (nSPS) is 12.8. The Labute approximate surface area is 120 Å². The number of halogens is 3. The molecule has 0 aliphatic carbocycles. The second-order valence-electron chi connectivity index (χ2n) is 4.65. The summed E-state index contributed by atoms with van der Waals surface area (Å²) in [6.07, 6.45) is -4.47. The van der Waals surface area contributed by atoms with Crippen LogP contribution in [0.3, 0.4) is 0 Å². The SMILES string of the molecule is CCC(CC(=O)O)NC(=O)Cc1cccc(C(F)(F)F)c1. The number of hydrogen-bond acceptors (Lipinski definition) is 2. The summed E-state index contributed by atoms with van der Waals surface area (Å²) in [5, 5.41) is 11.2. The zero-order valence-corrected chi connectivity index (χ0v) is 11.4. The van der Waals surface area contributed by atoms with Crippen LogP contribution in [0.15, 0.2) is 24.3 Å². The predicted octanol–water partition coefficient (Wildman–Crippen LogP) is 2.62. The topological polar surface area (TPSA) is 66.4 Å². The molecule has 0 bridgehead atoms. The zero-order chi connectivity index (χ0) is 16.0. The molecule has 0 radical (unpaired) electrons. The van der Waals surface area contributed by atoms with Gasteiger partial charge in [0.1, 0.15) is 0 Å². The summed E-state index contributed by atoms with van der Waals surface area (Å²) in [6.45, 7) is 1.72. The molecule has 2 N–H and O–H groups in total. The van der Waals surface area contributed by atoms with Crippen LogP contribution >= 0.6 is 0 Å². The number of carboxylic acids is 1. The molecule has 1 aromatic carbocycles. The Morgan fingerprint density at radius 2 is 2.00 bits per heavy atom. The maximum atomic E-state index is 12.5. The number of aliphatic carboxylic acids is 1. The molecule has 1 aromatic rings. The standard InChI is InChI=1S/C14H16F3NO3/c1-2-11(8-13(20)21)18-12(19)7-9-4-3-5-10(6-9)14(15,16)17/h3-6,11H,2,7-8H2,1H3,(H,18,19)(H,20,21). The largest absolute Gasteiger partial charge is 0.481 e. The summed E-state index contributed by atoms with van der Waals surface area (Å²) in [5.41, 5.74) is -0.585. The van der Waals surface area contributed by atoms with Crippen molar-refractivity contribution >= 4 is 11.9 Å². The molecule has 0 aromatic heterocycles. The Morgan fingerprint density at radius 1 is 1.33 bits per heavy atom. The highest BCUT2D eigenvalue weighted by atomic mass is 19.4. The highest BCUT2D eigenvalue weighted by molar-refractivity contribution is 5.79. The third kappa shape index (κ3) is 5.85. The van der Waals surface area contributed by atoms with Crippen LogP contribution in [0.4, 0.5) is 13.2 Å². The molecule has 1 atom stereocenters. The molecule has 0 fully saturated rings. The number of rotatable bonds is 6. The van der Waals surface area contributed by atoms with Crippen molar-refractivity contribution in [2.75, 3.05) is 0 Å². The predicted molar refractivity (Wildman–Crippen MR) is 69.6 cm³/mol. The summed E-state index contributed by atoms with van der Waals surface area (Å²) in [7, 11) is 0. The van der Waals surface area contributed by atoms with E-state index in [2.05, 4.69) is 5.32 Å². The molecule has 1 rings (SSSR count). The third-order valence-electron chi connectivity index (χ3n) is 2.90. The van der Waals surface area contributed by atoms with Gasteiger partial charge in [-0.2, -0.15) is 13.2 Å². The fourth-order valence-electron chi connectivity index (χ4n) is 1.83. The molecule has 0 spiro atoms. The van der Waals surface area contributed by atoms with Gasteiger partial charge in [0.25, 0.3) is 0 Å². The van der Waals surface area contributed by atoms with E-state index >= 15 is 0 Å². The van der Waals surface area contributed by atoms with Crippen molar-refractivity contribution in [3.05, 3.63) is 35.4 Å². The summed E-state index contributed by atoms with van der Waals surface area (Å²) >= 11 is 0. The van der Waals surface area contributed by atoms with Gasteiger partial charge in [-0.1, -0.05) is 25.1 Å². The molecule has 0 heterocycles. The number of alkyl halides is 3. The molecule has 4 nitrogen and oxygen atoms in total. The molecular weight excluding hydrogens is 287 g/mol. The van der Waals surface area contributed by atoms with Gasteiger partial charge in [-0.05, 0) is 18.1 Å². The van der Waals surface area contributed by atoms with Crippen LogP contribution in [-0.4, -0.2) is 23.0 Å². The van der Waals surface area contributed by atoms with E-state index in [-0.39, 0.29) is 18.4 Å². The van der Waals surface area contributed by atoms with Crippen LogP contribution in [-0.2, 0) is 22.2 Å².